The van der Waals surface area contributed by atoms with Crippen LogP contribution < -0.4 is 4.90 Å². The van der Waals surface area contributed by atoms with E-state index < -0.39 is 0 Å². The van der Waals surface area contributed by atoms with Gasteiger partial charge in [0.05, 0.1) is 17.7 Å². The lowest BCUT2D eigenvalue weighted by Crippen LogP contribution is -2.37. The molecule has 1 unspecified atom stereocenters. The number of thioether (sulfide) groups is 2. The number of amides is 1. The molecule has 138 valence electrons. The summed E-state index contributed by atoms with van der Waals surface area (Å²) < 4.78 is 1.75. The Kier molecular flexibility index (Phi) is 8.95. The van der Waals surface area contributed by atoms with Crippen molar-refractivity contribution >= 4 is 46.5 Å². The Bertz CT molecular complexity index is 730. The number of hydrogen-bond donors (Lipinski definition) is 0. The highest BCUT2D eigenvalue weighted by atomic mass is 32.2. The molecule has 0 spiro atoms. The van der Waals surface area contributed by atoms with Crippen molar-refractivity contribution in [3.05, 3.63) is 30.3 Å². The highest BCUT2D eigenvalue weighted by molar-refractivity contribution is 8.03. The summed E-state index contributed by atoms with van der Waals surface area (Å²) in [5.41, 5.74) is 0.813. The van der Waals surface area contributed by atoms with Gasteiger partial charge in [-0.1, -0.05) is 66.4 Å². The summed E-state index contributed by atoms with van der Waals surface area (Å²) in [6.45, 7) is 4.43. The van der Waals surface area contributed by atoms with Crippen LogP contribution in [0.1, 0.15) is 33.1 Å². The predicted octanol–water partition coefficient (Wildman–Crippen LogP) is 4.86. The van der Waals surface area contributed by atoms with Crippen molar-refractivity contribution in [2.45, 2.75) is 47.0 Å². The van der Waals surface area contributed by atoms with Crippen LogP contribution in [0.3, 0.4) is 0 Å². The van der Waals surface area contributed by atoms with Crippen molar-refractivity contribution in [3.63, 3.8) is 0 Å². The zero-order valence-corrected chi connectivity index (χ0v) is 17.4. The van der Waals surface area contributed by atoms with Crippen molar-refractivity contribution in [2.75, 3.05) is 17.2 Å². The Morgan fingerprint density at radius 2 is 2.04 bits per heavy atom. The van der Waals surface area contributed by atoms with E-state index in [1.54, 1.807) is 16.7 Å². The van der Waals surface area contributed by atoms with Crippen molar-refractivity contribution in [1.82, 2.24) is 10.2 Å². The molecule has 26 heavy (non-hydrogen) atoms. The number of para-hydroxylation sites is 1. The topological polar surface area (TPSA) is 69.9 Å². The Balaban J connectivity index is 2.01. The molecular weight excluding hydrogens is 384 g/mol. The van der Waals surface area contributed by atoms with Crippen molar-refractivity contribution in [3.8, 4) is 6.07 Å². The summed E-state index contributed by atoms with van der Waals surface area (Å²) in [5.74, 6) is 1.02. The maximum Gasteiger partial charge on any atom is 0.240 e. The molecule has 0 bridgehead atoms. The number of nitriles is 1. The average Bonchev–Trinajstić information content (AvgIpc) is 3.10. The molecule has 5 nitrogen and oxygen atoms in total. The molecule has 1 aromatic carbocycles. The molecule has 1 atom stereocenters. The minimum absolute atomic E-state index is 0.0214. The van der Waals surface area contributed by atoms with Gasteiger partial charge < -0.3 is 4.90 Å². The molecule has 0 aliphatic heterocycles. The zero-order valence-electron chi connectivity index (χ0n) is 14.9. The lowest BCUT2D eigenvalue weighted by molar-refractivity contribution is -0.117. The SMILES string of the molecule is CCCCSc1nnc(SC(C)C(=O)N(CCC#N)c2ccccc2)s1. The number of benzene rings is 1. The summed E-state index contributed by atoms with van der Waals surface area (Å²) in [6.07, 6.45) is 2.62. The second-order valence-corrected chi connectivity index (χ2v) is 9.44. The second kappa shape index (κ2) is 11.2. The van der Waals surface area contributed by atoms with Gasteiger partial charge in [0, 0.05) is 18.0 Å². The lowest BCUT2D eigenvalue weighted by Gasteiger charge is -2.24. The Hall–Kier alpha value is -1.56. The molecular formula is C18H22N4OS3. The highest BCUT2D eigenvalue weighted by Crippen LogP contribution is 2.32. The number of rotatable bonds is 10. The number of nitrogens with zero attached hydrogens (tertiary/aromatic N) is 4. The van der Waals surface area contributed by atoms with Crippen LogP contribution >= 0.6 is 34.9 Å². The van der Waals surface area contributed by atoms with Crippen molar-refractivity contribution in [1.29, 1.82) is 5.26 Å². The van der Waals surface area contributed by atoms with E-state index in [-0.39, 0.29) is 11.2 Å². The summed E-state index contributed by atoms with van der Waals surface area (Å²) in [5, 5.41) is 17.0. The van der Waals surface area contributed by atoms with Crippen molar-refractivity contribution in [2.24, 2.45) is 0 Å². The first-order chi connectivity index (χ1) is 12.7. The summed E-state index contributed by atoms with van der Waals surface area (Å²) >= 11 is 4.68. The second-order valence-electron chi connectivity index (χ2n) is 5.53. The average molecular weight is 407 g/mol. The molecule has 0 aliphatic rings. The molecule has 0 radical (unpaired) electrons. The van der Waals surface area contributed by atoms with Crippen LogP contribution in [0.2, 0.25) is 0 Å². The minimum atomic E-state index is -0.296. The highest BCUT2D eigenvalue weighted by Gasteiger charge is 2.24. The maximum absolute atomic E-state index is 12.9. The fraction of sp³-hybridized carbons (Fsp3) is 0.444. The van der Waals surface area contributed by atoms with E-state index in [1.165, 1.54) is 23.1 Å². The van der Waals surface area contributed by atoms with Crippen LogP contribution in [0.15, 0.2) is 39.0 Å². The molecule has 1 heterocycles. The first-order valence-electron chi connectivity index (χ1n) is 8.52. The van der Waals surface area contributed by atoms with Gasteiger partial charge in [0.25, 0.3) is 0 Å². The van der Waals surface area contributed by atoms with E-state index in [9.17, 15) is 4.79 Å². The monoisotopic (exact) mass is 406 g/mol. The van der Waals surface area contributed by atoms with Crippen molar-refractivity contribution < 1.29 is 4.79 Å². The van der Waals surface area contributed by atoms with Gasteiger partial charge in [0.15, 0.2) is 8.68 Å². The van der Waals surface area contributed by atoms with Gasteiger partial charge in [0.1, 0.15) is 0 Å². The fourth-order valence-corrected chi connectivity index (χ4v) is 5.54. The maximum atomic E-state index is 12.9. The van der Waals surface area contributed by atoms with Gasteiger partial charge >= 0.3 is 0 Å². The lowest BCUT2D eigenvalue weighted by atomic mass is 10.2. The molecule has 8 heteroatoms. The summed E-state index contributed by atoms with van der Waals surface area (Å²) in [6, 6.07) is 11.6. The molecule has 0 saturated carbocycles. The number of anilines is 1. The molecule has 1 aromatic heterocycles. The van der Waals surface area contributed by atoms with Crippen LogP contribution in [0.5, 0.6) is 0 Å². The third kappa shape index (κ3) is 6.31. The van der Waals surface area contributed by atoms with Crippen LogP contribution in [0.25, 0.3) is 0 Å². The number of unbranched alkanes of at least 4 members (excludes halogenated alkanes) is 1. The standard InChI is InChI=1S/C18H22N4OS3/c1-3-4-13-24-17-20-21-18(26-17)25-14(2)16(23)22(12-8-11-19)15-9-6-5-7-10-15/h5-7,9-10,14H,3-4,8,12-13H2,1-2H3. The van der Waals surface area contributed by atoms with Crippen LogP contribution in [-0.2, 0) is 4.79 Å². The molecule has 0 aliphatic carbocycles. The first-order valence-corrected chi connectivity index (χ1v) is 11.2. The molecule has 0 fully saturated rings. The smallest absolute Gasteiger partial charge is 0.240 e. The number of aromatic nitrogens is 2. The van der Waals surface area contributed by atoms with E-state index >= 15 is 0 Å². The molecule has 0 N–H and O–H groups in total. The fourth-order valence-electron chi connectivity index (χ4n) is 2.16. The normalized spacial score (nSPS) is 11.7. The largest absolute Gasteiger partial charge is 0.310 e. The van der Waals surface area contributed by atoms with Gasteiger partial charge in [-0.3, -0.25) is 4.79 Å². The molecule has 0 saturated heterocycles. The number of carbonyl (C=O) groups excluding carboxylic acids is 1. The van der Waals surface area contributed by atoms with E-state index in [0.29, 0.717) is 13.0 Å². The van der Waals surface area contributed by atoms with Gasteiger partial charge in [-0.25, -0.2) is 0 Å². The Morgan fingerprint density at radius 3 is 2.73 bits per heavy atom. The Labute approximate surface area is 167 Å². The predicted molar refractivity (Wildman–Crippen MR) is 110 cm³/mol. The molecule has 1 amide bonds. The summed E-state index contributed by atoms with van der Waals surface area (Å²) in [4.78, 5) is 14.6. The van der Waals surface area contributed by atoms with E-state index in [0.717, 1.165) is 33.0 Å². The molecule has 2 aromatic rings. The van der Waals surface area contributed by atoms with Crippen LogP contribution in [0.4, 0.5) is 5.69 Å². The van der Waals surface area contributed by atoms with Gasteiger partial charge in [0.2, 0.25) is 5.91 Å². The van der Waals surface area contributed by atoms with Gasteiger partial charge in [-0.2, -0.15) is 5.26 Å². The first kappa shape index (κ1) is 20.7. The molecule has 2 rings (SSSR count). The van der Waals surface area contributed by atoms with E-state index in [2.05, 4.69) is 23.2 Å². The van der Waals surface area contributed by atoms with E-state index in [4.69, 9.17) is 5.26 Å². The van der Waals surface area contributed by atoms with Gasteiger partial charge in [-0.15, -0.1) is 10.2 Å². The van der Waals surface area contributed by atoms with Crippen LogP contribution in [-0.4, -0.2) is 33.7 Å². The zero-order chi connectivity index (χ0) is 18.8. The number of carbonyl (C=O) groups is 1. The third-order valence-corrected chi connectivity index (χ3v) is 6.83. The quantitative estimate of drug-likeness (QED) is 0.415. The third-order valence-electron chi connectivity index (χ3n) is 3.52. The number of hydrogen-bond acceptors (Lipinski definition) is 7. The van der Waals surface area contributed by atoms with E-state index in [1.807, 2.05) is 37.3 Å². The minimum Gasteiger partial charge on any atom is -0.310 e. The van der Waals surface area contributed by atoms with Crippen LogP contribution in [0, 0.1) is 11.3 Å². The van der Waals surface area contributed by atoms with Gasteiger partial charge in [-0.05, 0) is 25.5 Å². The Morgan fingerprint density at radius 1 is 1.31 bits per heavy atom. The summed E-state index contributed by atoms with van der Waals surface area (Å²) in [7, 11) is 0.